The minimum absolute atomic E-state index is 0.310. The number of nitrogens with one attached hydrogen (secondary N) is 1. The van der Waals surface area contributed by atoms with E-state index >= 15 is 0 Å². The maximum atomic E-state index is 12.3. The molecular formula is C13H21N3O4. The first kappa shape index (κ1) is 16.0. The lowest BCUT2D eigenvalue weighted by Gasteiger charge is -2.36. The molecule has 0 aliphatic carbocycles. The molecule has 3 amide bonds. The summed E-state index contributed by atoms with van der Waals surface area (Å²) in [4.78, 5) is 37.7. The number of hydrogen-bond donors (Lipinski definition) is 2. The van der Waals surface area contributed by atoms with Gasteiger partial charge in [-0.15, -0.1) is 6.58 Å². The first-order chi connectivity index (χ1) is 9.47. The van der Waals surface area contributed by atoms with E-state index in [4.69, 9.17) is 5.11 Å². The quantitative estimate of drug-likeness (QED) is 0.541. The van der Waals surface area contributed by atoms with Gasteiger partial charge >= 0.3 is 12.0 Å². The number of nitrogens with zero attached hydrogens (tertiary/aromatic N) is 2. The Labute approximate surface area is 118 Å². The van der Waals surface area contributed by atoms with Crippen LogP contribution in [0.2, 0.25) is 0 Å². The van der Waals surface area contributed by atoms with Gasteiger partial charge in [0, 0.05) is 26.7 Å². The van der Waals surface area contributed by atoms with Gasteiger partial charge in [0.1, 0.15) is 6.04 Å². The Kier molecular flexibility index (Phi) is 6.02. The number of hydrogen-bond acceptors (Lipinski definition) is 3. The largest absolute Gasteiger partial charge is 0.481 e. The van der Waals surface area contributed by atoms with Gasteiger partial charge in [0.25, 0.3) is 0 Å². The number of unbranched alkanes of at least 4 members (excludes halogenated alkanes) is 1. The number of carbonyl (C=O) groups is 3. The Morgan fingerprint density at radius 1 is 1.60 bits per heavy atom. The number of rotatable bonds is 6. The molecule has 1 aliphatic heterocycles. The molecule has 0 aromatic rings. The third kappa shape index (κ3) is 4.25. The lowest BCUT2D eigenvalue weighted by atomic mass is 10.1. The average molecular weight is 283 g/mol. The number of amides is 3. The van der Waals surface area contributed by atoms with Crippen molar-refractivity contribution in [3.8, 4) is 0 Å². The van der Waals surface area contributed by atoms with Gasteiger partial charge in [-0.2, -0.15) is 0 Å². The highest BCUT2D eigenvalue weighted by Gasteiger charge is 2.35. The van der Waals surface area contributed by atoms with Crippen molar-refractivity contribution >= 4 is 17.9 Å². The molecule has 1 atom stereocenters. The van der Waals surface area contributed by atoms with Crippen LogP contribution in [0.1, 0.15) is 19.3 Å². The fourth-order valence-electron chi connectivity index (χ4n) is 2.10. The van der Waals surface area contributed by atoms with Crippen molar-refractivity contribution in [3.63, 3.8) is 0 Å². The van der Waals surface area contributed by atoms with Crippen LogP contribution in [0.4, 0.5) is 4.79 Å². The maximum absolute atomic E-state index is 12.3. The first-order valence-electron chi connectivity index (χ1n) is 6.59. The molecule has 1 heterocycles. The molecule has 0 aromatic heterocycles. The van der Waals surface area contributed by atoms with Crippen LogP contribution < -0.4 is 5.32 Å². The summed E-state index contributed by atoms with van der Waals surface area (Å²) in [6, 6.07) is -1.24. The molecule has 0 saturated carbocycles. The van der Waals surface area contributed by atoms with Gasteiger partial charge in [0.2, 0.25) is 5.91 Å². The standard InChI is InChI=1S/C13H21N3O4/c1-3-4-5-7-15(2)13(20)16-8-6-14-12(19)10(16)9-11(17)18/h3,10H,1,4-9H2,2H3,(H,14,19)(H,17,18). The summed E-state index contributed by atoms with van der Waals surface area (Å²) in [5.74, 6) is -1.51. The first-order valence-corrected chi connectivity index (χ1v) is 6.59. The van der Waals surface area contributed by atoms with Crippen LogP contribution in [0.3, 0.4) is 0 Å². The fourth-order valence-corrected chi connectivity index (χ4v) is 2.10. The van der Waals surface area contributed by atoms with Crippen LogP contribution in [0.5, 0.6) is 0 Å². The van der Waals surface area contributed by atoms with E-state index in [-0.39, 0.29) is 12.5 Å². The molecule has 1 fully saturated rings. The van der Waals surface area contributed by atoms with Crippen molar-refractivity contribution in [2.75, 3.05) is 26.7 Å². The van der Waals surface area contributed by atoms with Crippen molar-refractivity contribution in [2.24, 2.45) is 0 Å². The van der Waals surface area contributed by atoms with Gasteiger partial charge < -0.3 is 20.2 Å². The Morgan fingerprint density at radius 2 is 2.30 bits per heavy atom. The van der Waals surface area contributed by atoms with Crippen LogP contribution in [-0.2, 0) is 9.59 Å². The zero-order chi connectivity index (χ0) is 15.1. The SMILES string of the molecule is C=CCCCN(C)C(=O)N1CCNC(=O)C1CC(=O)O. The minimum Gasteiger partial charge on any atom is -0.481 e. The zero-order valence-corrected chi connectivity index (χ0v) is 11.7. The highest BCUT2D eigenvalue weighted by molar-refractivity contribution is 5.91. The van der Waals surface area contributed by atoms with E-state index in [9.17, 15) is 14.4 Å². The van der Waals surface area contributed by atoms with Crippen LogP contribution >= 0.6 is 0 Å². The van der Waals surface area contributed by atoms with E-state index in [1.54, 1.807) is 13.1 Å². The number of carboxylic acids is 1. The molecule has 1 rings (SSSR count). The van der Waals surface area contributed by atoms with E-state index in [1.807, 2.05) is 0 Å². The zero-order valence-electron chi connectivity index (χ0n) is 11.7. The van der Waals surface area contributed by atoms with Gasteiger partial charge in [-0.3, -0.25) is 9.59 Å². The van der Waals surface area contributed by atoms with E-state index in [1.165, 1.54) is 9.80 Å². The highest BCUT2D eigenvalue weighted by atomic mass is 16.4. The topological polar surface area (TPSA) is 90.0 Å². The van der Waals surface area contributed by atoms with Crippen molar-refractivity contribution in [2.45, 2.75) is 25.3 Å². The monoisotopic (exact) mass is 283 g/mol. The predicted molar refractivity (Wildman–Crippen MR) is 73.2 cm³/mol. The second kappa shape index (κ2) is 7.52. The van der Waals surface area contributed by atoms with Crippen molar-refractivity contribution < 1.29 is 19.5 Å². The molecule has 20 heavy (non-hydrogen) atoms. The van der Waals surface area contributed by atoms with Gasteiger partial charge in [-0.25, -0.2) is 4.79 Å². The van der Waals surface area contributed by atoms with Crippen LogP contribution in [0, 0.1) is 0 Å². The lowest BCUT2D eigenvalue weighted by Crippen LogP contribution is -2.60. The number of carbonyl (C=O) groups excluding carboxylic acids is 2. The Balaban J connectivity index is 2.68. The lowest BCUT2D eigenvalue weighted by molar-refractivity contribution is -0.142. The third-order valence-electron chi connectivity index (χ3n) is 3.17. The molecular weight excluding hydrogens is 262 g/mol. The smallest absolute Gasteiger partial charge is 0.320 e. The molecule has 7 nitrogen and oxygen atoms in total. The summed E-state index contributed by atoms with van der Waals surface area (Å²) < 4.78 is 0. The Hall–Kier alpha value is -2.05. The van der Waals surface area contributed by atoms with Crippen molar-refractivity contribution in [3.05, 3.63) is 12.7 Å². The molecule has 1 saturated heterocycles. The second-order valence-corrected chi connectivity index (χ2v) is 4.73. The van der Waals surface area contributed by atoms with Crippen LogP contribution in [0.25, 0.3) is 0 Å². The molecule has 2 N–H and O–H groups in total. The average Bonchev–Trinajstić information content (AvgIpc) is 2.40. The normalized spacial score (nSPS) is 18.4. The fraction of sp³-hybridized carbons (Fsp3) is 0.615. The molecule has 0 aromatic carbocycles. The summed E-state index contributed by atoms with van der Waals surface area (Å²) in [5.41, 5.74) is 0. The number of urea groups is 1. The summed E-state index contributed by atoms with van der Waals surface area (Å²) in [7, 11) is 1.65. The van der Waals surface area contributed by atoms with Crippen LogP contribution in [-0.4, -0.2) is 65.5 Å². The molecule has 7 heteroatoms. The molecule has 112 valence electrons. The van der Waals surface area contributed by atoms with E-state index in [2.05, 4.69) is 11.9 Å². The van der Waals surface area contributed by atoms with Crippen LogP contribution in [0.15, 0.2) is 12.7 Å². The summed E-state index contributed by atoms with van der Waals surface area (Å²) in [5, 5.41) is 11.4. The van der Waals surface area contributed by atoms with E-state index < -0.39 is 17.9 Å². The third-order valence-corrected chi connectivity index (χ3v) is 3.17. The number of aliphatic carboxylic acids is 1. The van der Waals surface area contributed by atoms with E-state index in [0.29, 0.717) is 19.6 Å². The Morgan fingerprint density at radius 3 is 2.90 bits per heavy atom. The molecule has 1 aliphatic rings. The number of carboxylic acid groups (broad SMARTS) is 1. The molecule has 0 spiro atoms. The number of piperazine rings is 1. The van der Waals surface area contributed by atoms with Gasteiger partial charge in [-0.05, 0) is 12.8 Å². The Bertz CT molecular complexity index is 397. The number of allylic oxidation sites excluding steroid dienone is 1. The molecule has 0 bridgehead atoms. The maximum Gasteiger partial charge on any atom is 0.320 e. The minimum atomic E-state index is -1.10. The summed E-state index contributed by atoms with van der Waals surface area (Å²) >= 11 is 0. The highest BCUT2D eigenvalue weighted by Crippen LogP contribution is 2.12. The van der Waals surface area contributed by atoms with Gasteiger partial charge in [0.15, 0.2) is 0 Å². The molecule has 1 unspecified atom stereocenters. The summed E-state index contributed by atoms with van der Waals surface area (Å²) in [6.45, 7) is 4.84. The van der Waals surface area contributed by atoms with E-state index in [0.717, 1.165) is 12.8 Å². The predicted octanol–water partition coefficient (Wildman–Crippen LogP) is 0.280. The summed E-state index contributed by atoms with van der Waals surface area (Å²) in [6.07, 6.45) is 2.99. The second-order valence-electron chi connectivity index (χ2n) is 4.73. The van der Waals surface area contributed by atoms with Crippen molar-refractivity contribution in [1.29, 1.82) is 0 Å². The van der Waals surface area contributed by atoms with Gasteiger partial charge in [-0.1, -0.05) is 6.08 Å². The van der Waals surface area contributed by atoms with Crippen molar-refractivity contribution in [1.82, 2.24) is 15.1 Å². The van der Waals surface area contributed by atoms with Gasteiger partial charge in [0.05, 0.1) is 6.42 Å². The molecule has 0 radical (unpaired) electrons.